The largest absolute Gasteiger partial charge is 0.495 e. The van der Waals surface area contributed by atoms with Crippen LogP contribution in [0.15, 0.2) is 17.2 Å². The SMILES string of the molecule is COc1ccnc(Cl)c1S(N)(=O)=O. The summed E-state index contributed by atoms with van der Waals surface area (Å²) < 4.78 is 26.8. The van der Waals surface area contributed by atoms with Gasteiger partial charge < -0.3 is 4.74 Å². The van der Waals surface area contributed by atoms with Gasteiger partial charge in [0.05, 0.1) is 7.11 Å². The van der Waals surface area contributed by atoms with Crippen LogP contribution in [0.3, 0.4) is 0 Å². The fraction of sp³-hybridized carbons (Fsp3) is 0.167. The standard InChI is InChI=1S/C6H7ClN2O3S/c1-12-4-2-3-9-6(7)5(4)13(8,10)11/h2-3H,1H3,(H2,8,10,11). The van der Waals surface area contributed by atoms with E-state index in [1.54, 1.807) is 0 Å². The van der Waals surface area contributed by atoms with E-state index in [0.717, 1.165) is 0 Å². The average Bonchev–Trinajstić information content (AvgIpc) is 2.01. The monoisotopic (exact) mass is 222 g/mol. The average molecular weight is 223 g/mol. The molecular formula is C6H7ClN2O3S. The first kappa shape index (κ1) is 10.2. The highest BCUT2D eigenvalue weighted by Gasteiger charge is 2.19. The Labute approximate surface area is 80.5 Å². The summed E-state index contributed by atoms with van der Waals surface area (Å²) in [5, 5.41) is 4.71. The van der Waals surface area contributed by atoms with Crippen LogP contribution in [-0.4, -0.2) is 20.5 Å². The number of halogens is 1. The number of sulfonamides is 1. The smallest absolute Gasteiger partial charge is 0.244 e. The van der Waals surface area contributed by atoms with E-state index >= 15 is 0 Å². The summed E-state index contributed by atoms with van der Waals surface area (Å²) in [4.78, 5) is 3.29. The Hall–Kier alpha value is -0.850. The number of hydrogen-bond donors (Lipinski definition) is 1. The van der Waals surface area contributed by atoms with Crippen LogP contribution in [0.4, 0.5) is 0 Å². The molecule has 0 aliphatic carbocycles. The second-order valence-electron chi connectivity index (χ2n) is 2.18. The number of methoxy groups -OCH3 is 1. The zero-order valence-corrected chi connectivity index (χ0v) is 8.26. The van der Waals surface area contributed by atoms with Crippen molar-refractivity contribution in [3.05, 3.63) is 17.4 Å². The fourth-order valence-electron chi connectivity index (χ4n) is 0.825. The topological polar surface area (TPSA) is 82.3 Å². The molecule has 0 fully saturated rings. The molecule has 0 saturated heterocycles. The van der Waals surface area contributed by atoms with Crippen LogP contribution >= 0.6 is 11.6 Å². The summed E-state index contributed by atoms with van der Waals surface area (Å²) in [7, 11) is -2.58. The molecule has 0 spiro atoms. The van der Waals surface area contributed by atoms with Gasteiger partial charge in [-0.1, -0.05) is 11.6 Å². The molecule has 0 bridgehead atoms. The van der Waals surface area contributed by atoms with E-state index in [1.807, 2.05) is 0 Å². The highest BCUT2D eigenvalue weighted by Crippen LogP contribution is 2.27. The maximum atomic E-state index is 11.0. The van der Waals surface area contributed by atoms with Gasteiger partial charge in [0.1, 0.15) is 5.75 Å². The Morgan fingerprint density at radius 3 is 2.62 bits per heavy atom. The zero-order valence-electron chi connectivity index (χ0n) is 6.69. The fourth-order valence-corrected chi connectivity index (χ4v) is 2.02. The summed E-state index contributed by atoms with van der Waals surface area (Å²) in [5.74, 6) is 0.0856. The van der Waals surface area contributed by atoms with Crippen molar-refractivity contribution < 1.29 is 13.2 Å². The first-order valence-corrected chi connectivity index (χ1v) is 5.10. The molecule has 0 unspecified atom stereocenters. The van der Waals surface area contributed by atoms with Crippen LogP contribution in [0.25, 0.3) is 0 Å². The van der Waals surface area contributed by atoms with E-state index in [1.165, 1.54) is 19.4 Å². The number of nitrogens with two attached hydrogens (primary N) is 1. The molecule has 5 nitrogen and oxygen atoms in total. The van der Waals surface area contributed by atoms with E-state index in [2.05, 4.69) is 4.98 Å². The lowest BCUT2D eigenvalue weighted by Crippen LogP contribution is -2.14. The Morgan fingerprint density at radius 1 is 1.62 bits per heavy atom. The van der Waals surface area contributed by atoms with E-state index in [-0.39, 0.29) is 15.8 Å². The minimum atomic E-state index is -3.90. The minimum Gasteiger partial charge on any atom is -0.495 e. The molecule has 0 aliphatic heterocycles. The Kier molecular flexibility index (Phi) is 2.74. The molecule has 13 heavy (non-hydrogen) atoms. The van der Waals surface area contributed by atoms with Gasteiger partial charge in [0.25, 0.3) is 0 Å². The Bertz CT molecular complexity index is 418. The third-order valence-corrected chi connectivity index (χ3v) is 2.69. The van der Waals surface area contributed by atoms with Gasteiger partial charge in [-0.3, -0.25) is 0 Å². The Morgan fingerprint density at radius 2 is 2.23 bits per heavy atom. The summed E-state index contributed by atoms with van der Waals surface area (Å²) in [6.45, 7) is 0. The van der Waals surface area contributed by atoms with Crippen molar-refractivity contribution in [2.45, 2.75) is 4.90 Å². The molecular weight excluding hydrogens is 216 g/mol. The van der Waals surface area contributed by atoms with Gasteiger partial charge in [-0.15, -0.1) is 0 Å². The van der Waals surface area contributed by atoms with Crippen molar-refractivity contribution in [2.75, 3.05) is 7.11 Å². The van der Waals surface area contributed by atoms with Crippen LogP contribution in [0.5, 0.6) is 5.75 Å². The van der Waals surface area contributed by atoms with Crippen LogP contribution in [0.1, 0.15) is 0 Å². The number of aromatic nitrogens is 1. The zero-order chi connectivity index (χ0) is 10.1. The van der Waals surface area contributed by atoms with E-state index in [0.29, 0.717) is 0 Å². The number of rotatable bonds is 2. The Balaban J connectivity index is 3.50. The van der Waals surface area contributed by atoms with Crippen LogP contribution in [0.2, 0.25) is 5.15 Å². The quantitative estimate of drug-likeness (QED) is 0.734. The normalized spacial score (nSPS) is 11.3. The predicted octanol–water partition coefficient (Wildman–Crippen LogP) is 0.391. The van der Waals surface area contributed by atoms with Gasteiger partial charge in [-0.25, -0.2) is 18.5 Å². The van der Waals surface area contributed by atoms with Gasteiger partial charge >= 0.3 is 0 Å². The molecule has 0 saturated carbocycles. The highest BCUT2D eigenvalue weighted by atomic mass is 35.5. The lowest BCUT2D eigenvalue weighted by atomic mass is 10.4. The van der Waals surface area contributed by atoms with Crippen LogP contribution < -0.4 is 9.88 Å². The van der Waals surface area contributed by atoms with Crippen LogP contribution in [0, 0.1) is 0 Å². The van der Waals surface area contributed by atoms with Crippen molar-refractivity contribution in [1.82, 2.24) is 4.98 Å². The maximum Gasteiger partial charge on any atom is 0.244 e. The second-order valence-corrected chi connectivity index (χ2v) is 4.03. The summed E-state index contributed by atoms with van der Waals surface area (Å²) >= 11 is 5.54. The van der Waals surface area contributed by atoms with Crippen molar-refractivity contribution in [2.24, 2.45) is 5.14 Å². The molecule has 1 aromatic heterocycles. The van der Waals surface area contributed by atoms with Gasteiger partial charge in [-0.05, 0) is 6.07 Å². The molecule has 72 valence electrons. The van der Waals surface area contributed by atoms with Gasteiger partial charge in [-0.2, -0.15) is 0 Å². The number of primary sulfonamides is 1. The molecule has 0 aliphatic rings. The van der Waals surface area contributed by atoms with E-state index in [9.17, 15) is 8.42 Å². The van der Waals surface area contributed by atoms with Crippen molar-refractivity contribution >= 4 is 21.6 Å². The molecule has 0 aromatic carbocycles. The number of hydrogen-bond acceptors (Lipinski definition) is 4. The lowest BCUT2D eigenvalue weighted by molar-refractivity contribution is 0.402. The van der Waals surface area contributed by atoms with Gasteiger partial charge in [0.15, 0.2) is 10.0 Å². The first-order valence-electron chi connectivity index (χ1n) is 3.18. The molecule has 0 radical (unpaired) electrons. The summed E-state index contributed by atoms with van der Waals surface area (Å²) in [6.07, 6.45) is 1.33. The molecule has 1 aromatic rings. The molecule has 7 heteroatoms. The predicted molar refractivity (Wildman–Crippen MR) is 47.2 cm³/mol. The first-order chi connectivity index (χ1) is 5.96. The number of pyridine rings is 1. The third-order valence-electron chi connectivity index (χ3n) is 1.33. The summed E-state index contributed by atoms with van der Waals surface area (Å²) in [5.41, 5.74) is 0. The molecule has 1 rings (SSSR count). The van der Waals surface area contributed by atoms with Crippen molar-refractivity contribution in [3.63, 3.8) is 0 Å². The molecule has 2 N–H and O–H groups in total. The second kappa shape index (κ2) is 3.49. The molecule has 0 atom stereocenters. The summed E-state index contributed by atoms with van der Waals surface area (Å²) in [6, 6.07) is 1.37. The van der Waals surface area contributed by atoms with Crippen molar-refractivity contribution in [3.8, 4) is 5.75 Å². The molecule has 1 heterocycles. The highest BCUT2D eigenvalue weighted by molar-refractivity contribution is 7.89. The number of ether oxygens (including phenoxy) is 1. The number of nitrogens with zero attached hydrogens (tertiary/aromatic N) is 1. The lowest BCUT2D eigenvalue weighted by Gasteiger charge is -2.06. The van der Waals surface area contributed by atoms with Gasteiger partial charge in [0.2, 0.25) is 10.0 Å². The minimum absolute atomic E-state index is 0.0856. The van der Waals surface area contributed by atoms with E-state index < -0.39 is 10.0 Å². The third kappa shape index (κ3) is 2.09. The van der Waals surface area contributed by atoms with Crippen molar-refractivity contribution in [1.29, 1.82) is 0 Å². The van der Waals surface area contributed by atoms with Crippen LogP contribution in [-0.2, 0) is 10.0 Å². The molecule has 0 amide bonds. The van der Waals surface area contributed by atoms with E-state index in [4.69, 9.17) is 21.5 Å². The maximum absolute atomic E-state index is 11.0. The van der Waals surface area contributed by atoms with Gasteiger partial charge in [0, 0.05) is 6.20 Å².